The van der Waals surface area contributed by atoms with E-state index in [0.717, 1.165) is 27.2 Å². The average Bonchev–Trinajstić information content (AvgIpc) is 3.12. The summed E-state index contributed by atoms with van der Waals surface area (Å²) in [5.41, 5.74) is -1.36. The number of rotatable bonds is 5. The fraction of sp³-hybridized carbons (Fsp3) is 0.375. The van der Waals surface area contributed by atoms with Crippen molar-refractivity contribution in [2.75, 3.05) is 0 Å². The average molecular weight is 430 g/mol. The summed E-state index contributed by atoms with van der Waals surface area (Å²) in [6.45, 7) is 4.09. The largest absolute Gasteiger partial charge is 0.478 e. The predicted octanol–water partition coefficient (Wildman–Crippen LogP) is 2.04. The normalized spacial score (nSPS) is 11.6. The van der Waals surface area contributed by atoms with E-state index in [2.05, 4.69) is 0 Å². The van der Waals surface area contributed by atoms with Gasteiger partial charge >= 0.3 is 16.5 Å². The van der Waals surface area contributed by atoms with E-state index in [0.29, 0.717) is 16.3 Å². The summed E-state index contributed by atoms with van der Waals surface area (Å²) >= 11 is 7.95. The molecule has 3 aromatic heterocycles. The number of halogens is 1. The van der Waals surface area contributed by atoms with Gasteiger partial charge in [-0.15, -0.1) is 11.3 Å². The zero-order chi connectivity index (χ0) is 20.0. The highest BCUT2D eigenvalue weighted by Gasteiger charge is 2.26. The third kappa shape index (κ3) is 3.28. The maximum absolute atomic E-state index is 12.7. The van der Waals surface area contributed by atoms with Gasteiger partial charge in [-0.3, -0.25) is 23.3 Å². The van der Waals surface area contributed by atoms with Crippen LogP contribution >= 0.6 is 34.3 Å². The molecule has 0 amide bonds. The third-order valence-corrected chi connectivity index (χ3v) is 6.45. The summed E-state index contributed by atoms with van der Waals surface area (Å²) in [6, 6.07) is 0. The van der Waals surface area contributed by atoms with Gasteiger partial charge < -0.3 is 5.11 Å². The van der Waals surface area contributed by atoms with Crippen molar-refractivity contribution in [2.45, 2.75) is 26.9 Å². The SMILES string of the molecule is CC(C)Cn1c(=O)n(C)c(=O)c2c(C(=O)O)c(Cn3c(Cl)csc3=O)sc21. The number of nitrogens with zero attached hydrogens (tertiary/aromatic N) is 3. The van der Waals surface area contributed by atoms with Crippen LogP contribution in [0.1, 0.15) is 29.1 Å². The van der Waals surface area contributed by atoms with Crippen molar-refractivity contribution in [3.63, 3.8) is 0 Å². The Morgan fingerprint density at radius 2 is 1.93 bits per heavy atom. The second kappa shape index (κ2) is 7.10. The number of hydrogen-bond acceptors (Lipinski definition) is 6. The van der Waals surface area contributed by atoms with Gasteiger partial charge in [0.25, 0.3) is 5.56 Å². The van der Waals surface area contributed by atoms with E-state index in [-0.39, 0.29) is 33.4 Å². The van der Waals surface area contributed by atoms with E-state index in [1.165, 1.54) is 21.6 Å². The Labute approximate surface area is 165 Å². The number of carboxylic acids is 1. The molecule has 1 N–H and O–H groups in total. The lowest BCUT2D eigenvalue weighted by Gasteiger charge is -2.11. The van der Waals surface area contributed by atoms with E-state index < -0.39 is 17.2 Å². The molecule has 0 fully saturated rings. The Morgan fingerprint density at radius 3 is 2.44 bits per heavy atom. The Balaban J connectivity index is 2.39. The molecule has 0 aliphatic heterocycles. The molecular weight excluding hydrogens is 414 g/mol. The van der Waals surface area contributed by atoms with E-state index in [1.807, 2.05) is 13.8 Å². The van der Waals surface area contributed by atoms with Crippen LogP contribution in [0, 0.1) is 5.92 Å². The minimum atomic E-state index is -1.29. The highest BCUT2D eigenvalue weighted by Crippen LogP contribution is 2.30. The van der Waals surface area contributed by atoms with Gasteiger partial charge in [-0.2, -0.15) is 0 Å². The number of thiophene rings is 1. The van der Waals surface area contributed by atoms with Crippen LogP contribution in [0.25, 0.3) is 10.2 Å². The number of fused-ring (bicyclic) bond motifs is 1. The molecule has 27 heavy (non-hydrogen) atoms. The van der Waals surface area contributed by atoms with Gasteiger partial charge in [-0.05, 0) is 5.92 Å². The first kappa shape index (κ1) is 19.6. The minimum Gasteiger partial charge on any atom is -0.478 e. The lowest BCUT2D eigenvalue weighted by Crippen LogP contribution is -2.38. The van der Waals surface area contributed by atoms with Crippen LogP contribution < -0.4 is 16.1 Å². The first-order chi connectivity index (χ1) is 12.6. The summed E-state index contributed by atoms with van der Waals surface area (Å²) in [5, 5.41) is 11.4. The Hall–Kier alpha value is -2.17. The summed E-state index contributed by atoms with van der Waals surface area (Å²) in [5.74, 6) is -1.18. The molecular formula is C16H16ClN3O5S2. The predicted molar refractivity (Wildman–Crippen MR) is 106 cm³/mol. The number of carbonyl (C=O) groups is 1. The van der Waals surface area contributed by atoms with Gasteiger partial charge in [0.2, 0.25) is 0 Å². The van der Waals surface area contributed by atoms with Crippen LogP contribution in [0.5, 0.6) is 0 Å². The molecule has 144 valence electrons. The number of hydrogen-bond donors (Lipinski definition) is 1. The van der Waals surface area contributed by atoms with Crippen LogP contribution in [0.2, 0.25) is 5.15 Å². The van der Waals surface area contributed by atoms with Gasteiger partial charge in [0.05, 0.1) is 17.5 Å². The van der Waals surface area contributed by atoms with E-state index >= 15 is 0 Å². The Morgan fingerprint density at radius 1 is 1.26 bits per heavy atom. The quantitative estimate of drug-likeness (QED) is 0.668. The molecule has 0 aromatic carbocycles. The van der Waals surface area contributed by atoms with E-state index in [9.17, 15) is 24.3 Å². The van der Waals surface area contributed by atoms with Crippen LogP contribution in [-0.2, 0) is 20.1 Å². The molecule has 0 atom stereocenters. The number of aromatic carboxylic acids is 1. The van der Waals surface area contributed by atoms with Crippen molar-refractivity contribution in [1.29, 1.82) is 0 Å². The second-order valence-corrected chi connectivity index (χ2v) is 8.74. The highest BCUT2D eigenvalue weighted by atomic mass is 35.5. The summed E-state index contributed by atoms with van der Waals surface area (Å²) < 4.78 is 3.57. The highest BCUT2D eigenvalue weighted by molar-refractivity contribution is 7.19. The fourth-order valence-electron chi connectivity index (χ4n) is 2.84. The Bertz CT molecular complexity index is 1230. The monoisotopic (exact) mass is 429 g/mol. The third-order valence-electron chi connectivity index (χ3n) is 4.04. The summed E-state index contributed by atoms with van der Waals surface area (Å²) in [4.78, 5) is 49.4. The van der Waals surface area contributed by atoms with Gasteiger partial charge in [0, 0.05) is 23.8 Å². The lowest BCUT2D eigenvalue weighted by molar-refractivity contribution is 0.0698. The van der Waals surface area contributed by atoms with E-state index in [1.54, 1.807) is 0 Å². The molecule has 0 aliphatic carbocycles. The van der Waals surface area contributed by atoms with Crippen molar-refractivity contribution in [3.8, 4) is 0 Å². The minimum absolute atomic E-state index is 0.0235. The van der Waals surface area contributed by atoms with E-state index in [4.69, 9.17) is 11.6 Å². The van der Waals surface area contributed by atoms with Crippen molar-refractivity contribution in [1.82, 2.24) is 13.7 Å². The molecule has 0 aliphatic rings. The summed E-state index contributed by atoms with van der Waals surface area (Å²) in [7, 11) is 1.32. The van der Waals surface area contributed by atoms with Gasteiger partial charge in [0.15, 0.2) is 0 Å². The maximum atomic E-state index is 12.7. The van der Waals surface area contributed by atoms with Gasteiger partial charge in [0.1, 0.15) is 9.98 Å². The number of aromatic nitrogens is 3. The molecule has 0 saturated heterocycles. The first-order valence-electron chi connectivity index (χ1n) is 7.95. The number of thiazole rings is 1. The maximum Gasteiger partial charge on any atom is 0.337 e. The number of carboxylic acid groups (broad SMARTS) is 1. The lowest BCUT2D eigenvalue weighted by atomic mass is 10.1. The van der Waals surface area contributed by atoms with Crippen molar-refractivity contribution in [2.24, 2.45) is 13.0 Å². The van der Waals surface area contributed by atoms with Crippen LogP contribution in [-0.4, -0.2) is 24.8 Å². The molecule has 8 nitrogen and oxygen atoms in total. The van der Waals surface area contributed by atoms with Crippen LogP contribution in [0.15, 0.2) is 19.8 Å². The van der Waals surface area contributed by atoms with Gasteiger partial charge in [-0.25, -0.2) is 9.59 Å². The van der Waals surface area contributed by atoms with Crippen molar-refractivity contribution >= 4 is 50.5 Å². The molecule has 0 saturated carbocycles. The second-order valence-electron chi connectivity index (χ2n) is 6.45. The molecule has 0 unspecified atom stereocenters. The molecule has 3 heterocycles. The molecule has 0 bridgehead atoms. The summed E-state index contributed by atoms with van der Waals surface area (Å²) in [6.07, 6.45) is 0. The van der Waals surface area contributed by atoms with Crippen molar-refractivity contribution < 1.29 is 9.90 Å². The topological polar surface area (TPSA) is 103 Å². The van der Waals surface area contributed by atoms with Crippen LogP contribution in [0.3, 0.4) is 0 Å². The van der Waals surface area contributed by atoms with Gasteiger partial charge in [-0.1, -0.05) is 36.8 Å². The molecule has 3 aromatic rings. The zero-order valence-corrected chi connectivity index (χ0v) is 17.1. The molecule has 11 heteroatoms. The molecule has 0 radical (unpaired) electrons. The van der Waals surface area contributed by atoms with Crippen LogP contribution in [0.4, 0.5) is 0 Å². The van der Waals surface area contributed by atoms with Crippen molar-refractivity contribution in [3.05, 3.63) is 51.5 Å². The Kier molecular flexibility index (Phi) is 5.15. The fourth-order valence-corrected chi connectivity index (χ4v) is 5.05. The first-order valence-corrected chi connectivity index (χ1v) is 10.0. The smallest absolute Gasteiger partial charge is 0.337 e. The molecule has 0 spiro atoms. The standard InChI is InChI=1S/C16H16ClN3O5S2/c1-7(2)4-20-13-11(12(21)18(3)15(20)24)10(14(22)23)8(27-13)5-19-9(17)6-26-16(19)25/h6-7H,4-5H2,1-3H3,(H,22,23). The zero-order valence-electron chi connectivity index (χ0n) is 14.7. The molecule has 3 rings (SSSR count).